The van der Waals surface area contributed by atoms with Gasteiger partial charge in [0.25, 0.3) is 0 Å². The van der Waals surface area contributed by atoms with E-state index in [-0.39, 0.29) is 5.91 Å². The molecule has 3 rings (SSSR count). The van der Waals surface area contributed by atoms with Gasteiger partial charge >= 0.3 is 0 Å². The molecule has 0 bridgehead atoms. The van der Waals surface area contributed by atoms with Crippen molar-refractivity contribution in [1.82, 2.24) is 4.37 Å². The molecule has 188 valence electrons. The highest BCUT2D eigenvalue weighted by Crippen LogP contribution is 2.37. The predicted octanol–water partition coefficient (Wildman–Crippen LogP) is 7.92. The minimum Gasteiger partial charge on any atom is -0.367 e. The first kappa shape index (κ1) is 27.0. The molecule has 3 aromatic rings. The average molecular weight is 503 g/mol. The fraction of sp³-hybridized carbons (Fsp3) is 0.393. The highest BCUT2D eigenvalue weighted by Gasteiger charge is 2.33. The number of nitrogens with zero attached hydrogens (tertiary/aromatic N) is 5. The molecule has 1 N–H and O–H groups in total. The zero-order valence-electron chi connectivity index (χ0n) is 21.7. The second-order valence-electron chi connectivity index (χ2n) is 8.76. The van der Waals surface area contributed by atoms with E-state index in [1.165, 1.54) is 5.56 Å². The average Bonchev–Trinajstić information content (AvgIpc) is 3.27. The van der Waals surface area contributed by atoms with Crippen LogP contribution in [0.4, 0.5) is 22.1 Å². The molecule has 0 fully saturated rings. The SMILES string of the molecule is CCN(Cc1ccccc1)c1ccc(N=Nc2snc(C)c2C#N)c(NC(=O)C(CC)(CC)CC)c1. The van der Waals surface area contributed by atoms with E-state index < -0.39 is 5.41 Å². The standard InChI is InChI=1S/C28H34N6OS/c1-6-28(7-2,8-3)27(35)30-25-17-22(34(9-4)19-21-13-11-10-12-14-21)15-16-24(25)31-32-26-23(18-29)20(5)33-36-26/h10-17H,6-9,19H2,1-5H3,(H,30,35). The Hall–Kier alpha value is -3.57. The Morgan fingerprint density at radius 2 is 1.78 bits per heavy atom. The van der Waals surface area contributed by atoms with Crippen LogP contribution >= 0.6 is 11.5 Å². The summed E-state index contributed by atoms with van der Waals surface area (Å²) in [6, 6.07) is 18.3. The lowest BCUT2D eigenvalue weighted by atomic mass is 9.79. The molecule has 0 aliphatic heterocycles. The summed E-state index contributed by atoms with van der Waals surface area (Å²) in [4.78, 5) is 15.7. The van der Waals surface area contributed by atoms with Crippen LogP contribution in [0.25, 0.3) is 0 Å². The highest BCUT2D eigenvalue weighted by molar-refractivity contribution is 7.10. The van der Waals surface area contributed by atoms with E-state index in [0.717, 1.165) is 49.6 Å². The molecule has 0 saturated heterocycles. The highest BCUT2D eigenvalue weighted by atomic mass is 32.1. The molecular formula is C28H34N6OS. The van der Waals surface area contributed by atoms with Gasteiger partial charge < -0.3 is 10.2 Å². The molecule has 0 saturated carbocycles. The van der Waals surface area contributed by atoms with Crippen LogP contribution in [-0.2, 0) is 11.3 Å². The van der Waals surface area contributed by atoms with E-state index >= 15 is 0 Å². The Kier molecular flexibility index (Phi) is 9.31. The summed E-state index contributed by atoms with van der Waals surface area (Å²) in [6.45, 7) is 11.6. The molecule has 0 atom stereocenters. The van der Waals surface area contributed by atoms with Gasteiger partial charge in [0, 0.05) is 24.2 Å². The van der Waals surface area contributed by atoms with Gasteiger partial charge in [0.15, 0.2) is 5.00 Å². The number of rotatable bonds is 11. The first-order valence-electron chi connectivity index (χ1n) is 12.4. The van der Waals surface area contributed by atoms with Gasteiger partial charge in [-0.1, -0.05) is 51.1 Å². The maximum Gasteiger partial charge on any atom is 0.230 e. The van der Waals surface area contributed by atoms with Crippen LogP contribution in [0, 0.1) is 23.7 Å². The molecular weight excluding hydrogens is 468 g/mol. The van der Waals surface area contributed by atoms with Gasteiger partial charge in [0.2, 0.25) is 5.91 Å². The zero-order chi connectivity index (χ0) is 26.1. The van der Waals surface area contributed by atoms with Crippen LogP contribution in [0.1, 0.15) is 63.8 Å². The Balaban J connectivity index is 2.01. The number of azo groups is 1. The van der Waals surface area contributed by atoms with E-state index in [0.29, 0.717) is 27.6 Å². The lowest BCUT2D eigenvalue weighted by Gasteiger charge is -2.29. The Morgan fingerprint density at radius 3 is 2.39 bits per heavy atom. The lowest BCUT2D eigenvalue weighted by molar-refractivity contribution is -0.126. The molecule has 0 unspecified atom stereocenters. The van der Waals surface area contributed by atoms with Crippen molar-refractivity contribution in [2.75, 3.05) is 16.8 Å². The number of anilines is 2. The van der Waals surface area contributed by atoms with E-state index in [2.05, 4.69) is 70.7 Å². The molecule has 1 heterocycles. The second-order valence-corrected chi connectivity index (χ2v) is 9.51. The largest absolute Gasteiger partial charge is 0.367 e. The fourth-order valence-electron chi connectivity index (χ4n) is 4.24. The second kappa shape index (κ2) is 12.4. The first-order chi connectivity index (χ1) is 17.4. The normalized spacial score (nSPS) is 11.4. The van der Waals surface area contributed by atoms with Gasteiger partial charge in [-0.2, -0.15) is 9.64 Å². The third-order valence-electron chi connectivity index (χ3n) is 6.91. The molecule has 0 aliphatic rings. The van der Waals surface area contributed by atoms with Crippen molar-refractivity contribution in [2.24, 2.45) is 15.6 Å². The predicted molar refractivity (Wildman–Crippen MR) is 147 cm³/mol. The first-order valence-corrected chi connectivity index (χ1v) is 13.2. The topological polar surface area (TPSA) is 93.7 Å². The summed E-state index contributed by atoms with van der Waals surface area (Å²) in [7, 11) is 0. The van der Waals surface area contributed by atoms with Crippen LogP contribution in [0.5, 0.6) is 0 Å². The van der Waals surface area contributed by atoms with Gasteiger partial charge in [-0.3, -0.25) is 4.79 Å². The zero-order valence-corrected chi connectivity index (χ0v) is 22.5. The summed E-state index contributed by atoms with van der Waals surface area (Å²) >= 11 is 1.14. The number of carbonyl (C=O) groups excluding carboxylic acids is 1. The van der Waals surface area contributed by atoms with E-state index in [9.17, 15) is 10.1 Å². The van der Waals surface area contributed by atoms with Crippen LogP contribution in [0.2, 0.25) is 0 Å². The van der Waals surface area contributed by atoms with Crippen molar-refractivity contribution in [3.63, 3.8) is 0 Å². The number of carbonyl (C=O) groups is 1. The van der Waals surface area contributed by atoms with Crippen molar-refractivity contribution in [2.45, 2.75) is 60.4 Å². The van der Waals surface area contributed by atoms with Gasteiger partial charge in [-0.25, -0.2) is 0 Å². The number of aryl methyl sites for hydroxylation is 1. The molecule has 0 aliphatic carbocycles. The molecule has 8 heteroatoms. The number of benzene rings is 2. The van der Waals surface area contributed by atoms with Crippen LogP contribution in [0.3, 0.4) is 0 Å². The fourth-order valence-corrected chi connectivity index (χ4v) is 4.91. The monoisotopic (exact) mass is 502 g/mol. The van der Waals surface area contributed by atoms with Gasteiger partial charge in [0.1, 0.15) is 17.3 Å². The molecule has 7 nitrogen and oxygen atoms in total. The summed E-state index contributed by atoms with van der Waals surface area (Å²) in [6.07, 6.45) is 2.26. The molecule has 2 aromatic carbocycles. The molecule has 36 heavy (non-hydrogen) atoms. The minimum absolute atomic E-state index is 0.0129. The maximum atomic E-state index is 13.5. The van der Waals surface area contributed by atoms with E-state index in [4.69, 9.17) is 0 Å². The smallest absolute Gasteiger partial charge is 0.230 e. The van der Waals surface area contributed by atoms with E-state index in [1.54, 1.807) is 6.92 Å². The maximum absolute atomic E-state index is 13.5. The molecule has 1 aromatic heterocycles. The van der Waals surface area contributed by atoms with Crippen LogP contribution in [-0.4, -0.2) is 16.8 Å². The molecule has 0 spiro atoms. The Morgan fingerprint density at radius 1 is 1.08 bits per heavy atom. The van der Waals surface area contributed by atoms with Crippen LogP contribution in [0.15, 0.2) is 58.8 Å². The van der Waals surface area contributed by atoms with Gasteiger partial charge in [-0.05, 0) is 68.4 Å². The van der Waals surface area contributed by atoms with Crippen molar-refractivity contribution < 1.29 is 4.79 Å². The third-order valence-corrected chi connectivity index (χ3v) is 7.73. The van der Waals surface area contributed by atoms with Gasteiger partial charge in [0.05, 0.1) is 11.4 Å². The van der Waals surface area contributed by atoms with Crippen molar-refractivity contribution in [1.29, 1.82) is 5.26 Å². The number of nitrogens with one attached hydrogen (secondary N) is 1. The number of amides is 1. The Labute approximate surface area is 218 Å². The van der Waals surface area contributed by atoms with Crippen molar-refractivity contribution in [3.8, 4) is 6.07 Å². The summed E-state index contributed by atoms with van der Waals surface area (Å²) in [5.74, 6) is -0.0129. The quantitative estimate of drug-likeness (QED) is 0.269. The van der Waals surface area contributed by atoms with Crippen molar-refractivity contribution in [3.05, 3.63) is 65.4 Å². The molecule has 1 amide bonds. The minimum atomic E-state index is -0.443. The number of hydrogen-bond acceptors (Lipinski definition) is 7. The number of hydrogen-bond donors (Lipinski definition) is 1. The summed E-state index contributed by atoms with van der Waals surface area (Å²) < 4.78 is 4.21. The van der Waals surface area contributed by atoms with Crippen LogP contribution < -0.4 is 10.2 Å². The third kappa shape index (κ3) is 5.97. The summed E-state index contributed by atoms with van der Waals surface area (Å²) in [5, 5.41) is 21.8. The van der Waals surface area contributed by atoms with E-state index in [1.807, 2.05) is 36.4 Å². The summed E-state index contributed by atoms with van der Waals surface area (Å²) in [5.41, 5.74) is 3.95. The number of nitriles is 1. The molecule has 0 radical (unpaired) electrons. The Bertz CT molecular complexity index is 1230. The lowest BCUT2D eigenvalue weighted by Crippen LogP contribution is -2.34. The van der Waals surface area contributed by atoms with Gasteiger partial charge in [-0.15, -0.1) is 10.2 Å². The number of aromatic nitrogens is 1. The van der Waals surface area contributed by atoms with Crippen molar-refractivity contribution >= 4 is 39.5 Å².